The van der Waals surface area contributed by atoms with Gasteiger partial charge in [0, 0.05) is 48.5 Å². The van der Waals surface area contributed by atoms with Crippen molar-refractivity contribution in [3.05, 3.63) is 83.4 Å². The molecule has 42 heavy (non-hydrogen) atoms. The maximum absolute atomic E-state index is 12.9. The Kier molecular flexibility index (Phi) is 8.64. The van der Waals surface area contributed by atoms with Crippen molar-refractivity contribution in [1.82, 2.24) is 10.2 Å². The van der Waals surface area contributed by atoms with Gasteiger partial charge in [0.1, 0.15) is 5.60 Å². The molecule has 1 aliphatic heterocycles. The van der Waals surface area contributed by atoms with Crippen molar-refractivity contribution in [2.45, 2.75) is 65.1 Å². The lowest BCUT2D eigenvalue weighted by Gasteiger charge is -2.22. The molecule has 220 valence electrons. The van der Waals surface area contributed by atoms with E-state index in [2.05, 4.69) is 20.9 Å². The Balaban J connectivity index is 1.13. The SMILES string of the molecule is Cc1ccc(NC(=O)C2CC2)cc1-c1ccc(C(=O)Nc2ccc(CN3CC[C@@H](NC(=O)OC(C)(C)C)C3)cc2)cc1. The molecule has 0 radical (unpaired) electrons. The van der Waals surface area contributed by atoms with Crippen molar-refractivity contribution in [3.63, 3.8) is 0 Å². The van der Waals surface area contributed by atoms with E-state index in [0.29, 0.717) is 5.56 Å². The van der Waals surface area contributed by atoms with Crippen molar-refractivity contribution in [1.29, 1.82) is 0 Å². The number of anilines is 2. The average molecular weight is 569 g/mol. The number of amides is 3. The molecule has 3 amide bonds. The first kappa shape index (κ1) is 29.3. The lowest BCUT2D eigenvalue weighted by Crippen LogP contribution is -2.40. The number of benzene rings is 3. The summed E-state index contributed by atoms with van der Waals surface area (Å²) >= 11 is 0. The van der Waals surface area contributed by atoms with Gasteiger partial charge in [-0.25, -0.2) is 4.79 Å². The Morgan fingerprint density at radius 1 is 0.881 bits per heavy atom. The topological polar surface area (TPSA) is 99.8 Å². The minimum atomic E-state index is -0.509. The predicted molar refractivity (Wildman–Crippen MR) is 165 cm³/mol. The Morgan fingerprint density at radius 2 is 1.57 bits per heavy atom. The fourth-order valence-corrected chi connectivity index (χ4v) is 5.13. The Labute approximate surface area is 247 Å². The Hall–Kier alpha value is -4.17. The van der Waals surface area contributed by atoms with Crippen molar-refractivity contribution >= 4 is 29.3 Å². The summed E-state index contributed by atoms with van der Waals surface area (Å²) in [7, 11) is 0. The number of nitrogens with zero attached hydrogens (tertiary/aromatic N) is 1. The highest BCUT2D eigenvalue weighted by Gasteiger charge is 2.29. The molecule has 1 aliphatic carbocycles. The van der Waals surface area contributed by atoms with Crippen molar-refractivity contribution in [3.8, 4) is 11.1 Å². The fraction of sp³-hybridized carbons (Fsp3) is 0.382. The van der Waals surface area contributed by atoms with Gasteiger partial charge in [-0.3, -0.25) is 14.5 Å². The number of aryl methyl sites for hydroxylation is 1. The number of carbonyl (C=O) groups excluding carboxylic acids is 3. The molecule has 1 saturated carbocycles. The number of ether oxygens (including phenoxy) is 1. The summed E-state index contributed by atoms with van der Waals surface area (Å²) in [6, 6.07) is 21.4. The third-order valence-corrected chi connectivity index (χ3v) is 7.52. The second-order valence-corrected chi connectivity index (χ2v) is 12.4. The van der Waals surface area contributed by atoms with E-state index in [0.717, 1.165) is 72.5 Å². The molecule has 3 aromatic rings. The molecular formula is C34H40N4O4. The highest BCUT2D eigenvalue weighted by atomic mass is 16.6. The molecular weight excluding hydrogens is 528 g/mol. The summed E-state index contributed by atoms with van der Waals surface area (Å²) in [6.07, 6.45) is 2.44. The second-order valence-electron chi connectivity index (χ2n) is 12.4. The third-order valence-electron chi connectivity index (χ3n) is 7.52. The first-order valence-electron chi connectivity index (χ1n) is 14.7. The molecule has 1 atom stereocenters. The van der Waals surface area contributed by atoms with Crippen LogP contribution in [0.4, 0.5) is 16.2 Å². The van der Waals surface area contributed by atoms with Gasteiger partial charge < -0.3 is 20.7 Å². The highest BCUT2D eigenvalue weighted by Crippen LogP contribution is 2.32. The minimum Gasteiger partial charge on any atom is -0.444 e. The van der Waals surface area contributed by atoms with Crippen LogP contribution in [0.15, 0.2) is 66.7 Å². The third kappa shape index (κ3) is 7.97. The van der Waals surface area contributed by atoms with Crippen LogP contribution >= 0.6 is 0 Å². The molecule has 1 heterocycles. The maximum Gasteiger partial charge on any atom is 0.407 e. The molecule has 3 N–H and O–H groups in total. The van der Waals surface area contributed by atoms with Gasteiger partial charge >= 0.3 is 6.09 Å². The van der Waals surface area contributed by atoms with Gasteiger partial charge in [-0.1, -0.05) is 30.3 Å². The minimum absolute atomic E-state index is 0.0749. The van der Waals surface area contributed by atoms with Gasteiger partial charge in [-0.15, -0.1) is 0 Å². The predicted octanol–water partition coefficient (Wildman–Crippen LogP) is 6.36. The molecule has 3 aromatic carbocycles. The van der Waals surface area contributed by atoms with Crippen LogP contribution in [0.1, 0.15) is 61.5 Å². The van der Waals surface area contributed by atoms with E-state index in [4.69, 9.17) is 4.74 Å². The second kappa shape index (κ2) is 12.4. The Bertz CT molecular complexity index is 1440. The van der Waals surface area contributed by atoms with Crippen LogP contribution in [0, 0.1) is 12.8 Å². The monoisotopic (exact) mass is 568 g/mol. The van der Waals surface area contributed by atoms with E-state index in [-0.39, 0.29) is 29.9 Å². The lowest BCUT2D eigenvalue weighted by molar-refractivity contribution is -0.117. The van der Waals surface area contributed by atoms with Gasteiger partial charge in [0.15, 0.2) is 0 Å². The van der Waals surface area contributed by atoms with Gasteiger partial charge in [0.2, 0.25) is 5.91 Å². The summed E-state index contributed by atoms with van der Waals surface area (Å²) < 4.78 is 5.37. The van der Waals surface area contributed by atoms with E-state index in [1.54, 1.807) is 0 Å². The number of likely N-dealkylation sites (tertiary alicyclic amines) is 1. The summed E-state index contributed by atoms with van der Waals surface area (Å²) in [5, 5.41) is 8.96. The van der Waals surface area contributed by atoms with Crippen molar-refractivity contribution in [2.24, 2.45) is 5.92 Å². The van der Waals surface area contributed by atoms with E-state index in [1.807, 2.05) is 94.4 Å². The zero-order valence-corrected chi connectivity index (χ0v) is 24.8. The first-order chi connectivity index (χ1) is 20.0. The molecule has 5 rings (SSSR count). The summed E-state index contributed by atoms with van der Waals surface area (Å²) in [5.74, 6) is 0.0607. The maximum atomic E-state index is 12.9. The van der Waals surface area contributed by atoms with Crippen LogP contribution in [0.5, 0.6) is 0 Å². The largest absolute Gasteiger partial charge is 0.444 e. The van der Waals surface area contributed by atoms with Crippen LogP contribution < -0.4 is 16.0 Å². The van der Waals surface area contributed by atoms with Crippen LogP contribution in [-0.2, 0) is 16.1 Å². The van der Waals surface area contributed by atoms with Gasteiger partial charge in [-0.2, -0.15) is 0 Å². The van der Waals surface area contributed by atoms with Crippen molar-refractivity contribution < 1.29 is 19.1 Å². The zero-order chi connectivity index (χ0) is 29.9. The normalized spacial score (nSPS) is 17.0. The molecule has 2 fully saturated rings. The first-order valence-corrected chi connectivity index (χ1v) is 14.7. The number of rotatable bonds is 8. The summed E-state index contributed by atoms with van der Waals surface area (Å²) in [6.45, 7) is 10.0. The molecule has 0 unspecified atom stereocenters. The van der Waals surface area contributed by atoms with Crippen LogP contribution in [-0.4, -0.2) is 47.5 Å². The zero-order valence-electron chi connectivity index (χ0n) is 24.8. The molecule has 2 aliphatic rings. The van der Waals surface area contributed by atoms with E-state index < -0.39 is 5.60 Å². The highest BCUT2D eigenvalue weighted by molar-refractivity contribution is 6.04. The Morgan fingerprint density at radius 3 is 2.24 bits per heavy atom. The van der Waals surface area contributed by atoms with E-state index >= 15 is 0 Å². The van der Waals surface area contributed by atoms with E-state index in [9.17, 15) is 14.4 Å². The number of carbonyl (C=O) groups is 3. The van der Waals surface area contributed by atoms with Gasteiger partial charge in [0.05, 0.1) is 0 Å². The van der Waals surface area contributed by atoms with Gasteiger partial charge in [0.25, 0.3) is 5.91 Å². The summed E-state index contributed by atoms with van der Waals surface area (Å²) in [4.78, 5) is 39.5. The summed E-state index contributed by atoms with van der Waals surface area (Å²) in [5.41, 5.74) is 5.83. The molecule has 8 nitrogen and oxygen atoms in total. The number of hydrogen-bond donors (Lipinski definition) is 3. The quantitative estimate of drug-likeness (QED) is 0.294. The van der Waals surface area contributed by atoms with Crippen LogP contribution in [0.2, 0.25) is 0 Å². The molecule has 1 saturated heterocycles. The number of alkyl carbamates (subject to hydrolysis) is 1. The fourth-order valence-electron chi connectivity index (χ4n) is 5.13. The smallest absolute Gasteiger partial charge is 0.407 e. The molecule has 0 aromatic heterocycles. The standard InChI is InChI=1S/C34H40N4O4/c1-22-5-14-28(36-32(40)26-12-13-26)19-30(22)24-8-10-25(11-9-24)31(39)35-27-15-6-23(7-16-27)20-38-18-17-29(21-38)37-33(41)42-34(2,3)4/h5-11,14-16,19,26,29H,12-13,17-18,20-21H2,1-4H3,(H,35,39)(H,36,40)(H,37,41)/t29-/m1/s1. The lowest BCUT2D eigenvalue weighted by atomic mass is 9.98. The van der Waals surface area contributed by atoms with Gasteiger partial charge in [-0.05, 0) is 106 Å². The average Bonchev–Trinajstić information content (AvgIpc) is 3.71. The molecule has 0 bridgehead atoms. The van der Waals surface area contributed by atoms with E-state index in [1.165, 1.54) is 0 Å². The van der Waals surface area contributed by atoms with Crippen LogP contribution in [0.3, 0.4) is 0 Å². The van der Waals surface area contributed by atoms with Crippen molar-refractivity contribution in [2.75, 3.05) is 23.7 Å². The molecule has 8 heteroatoms. The molecule has 0 spiro atoms. The van der Waals surface area contributed by atoms with Crippen LogP contribution in [0.25, 0.3) is 11.1 Å². The number of hydrogen-bond acceptors (Lipinski definition) is 5. The number of nitrogens with one attached hydrogen (secondary N) is 3.